The van der Waals surface area contributed by atoms with E-state index in [1.54, 1.807) is 24.3 Å². The highest BCUT2D eigenvalue weighted by Crippen LogP contribution is 2.32. The zero-order valence-corrected chi connectivity index (χ0v) is 16.4. The van der Waals surface area contributed by atoms with Crippen molar-refractivity contribution in [1.29, 1.82) is 0 Å². The van der Waals surface area contributed by atoms with Gasteiger partial charge in [0.25, 0.3) is 5.91 Å². The van der Waals surface area contributed by atoms with E-state index in [9.17, 15) is 14.4 Å². The summed E-state index contributed by atoms with van der Waals surface area (Å²) in [6.07, 6.45) is 2.79. The van der Waals surface area contributed by atoms with Crippen LogP contribution in [0.2, 0.25) is 0 Å². The summed E-state index contributed by atoms with van der Waals surface area (Å²) in [7, 11) is 0. The number of benzene rings is 1. The minimum Gasteiger partial charge on any atom is -0.337 e. The molecule has 1 saturated carbocycles. The maximum atomic E-state index is 13.0. The molecule has 146 valence electrons. The van der Waals surface area contributed by atoms with E-state index in [2.05, 4.69) is 19.2 Å². The molecule has 3 amide bonds. The van der Waals surface area contributed by atoms with Crippen LogP contribution in [0.1, 0.15) is 50.4 Å². The third-order valence-corrected chi connectivity index (χ3v) is 5.38. The average Bonchev–Trinajstić information content (AvgIpc) is 3.44. The Kier molecular flexibility index (Phi) is 5.82. The van der Waals surface area contributed by atoms with Gasteiger partial charge in [-0.15, -0.1) is 0 Å². The normalized spacial score (nSPS) is 20.6. The number of amides is 3. The SMILES string of the molecule is CC(=O)Nc1ccc(C(=O)N2CCC(=O)N(CC3CC3)[C@@H](C(C)C)C2)cc1. The standard InChI is InChI=1S/C21H29N3O3/c1-14(2)19-13-23(11-10-20(26)24(19)12-16-4-5-16)21(27)17-6-8-18(9-7-17)22-15(3)25/h6-9,14,16,19H,4-5,10-13H2,1-3H3,(H,22,25)/t19-/m1/s1. The molecular weight excluding hydrogens is 342 g/mol. The fourth-order valence-corrected chi connectivity index (χ4v) is 3.63. The van der Waals surface area contributed by atoms with Gasteiger partial charge in [0.05, 0.1) is 6.04 Å². The van der Waals surface area contributed by atoms with Gasteiger partial charge in [0.2, 0.25) is 11.8 Å². The van der Waals surface area contributed by atoms with Crippen molar-refractivity contribution in [1.82, 2.24) is 9.80 Å². The zero-order valence-electron chi connectivity index (χ0n) is 16.4. The molecular formula is C21H29N3O3. The number of hydrogen-bond acceptors (Lipinski definition) is 3. The van der Waals surface area contributed by atoms with Gasteiger partial charge in [-0.05, 0) is 48.9 Å². The van der Waals surface area contributed by atoms with Crippen LogP contribution >= 0.6 is 0 Å². The molecule has 27 heavy (non-hydrogen) atoms. The first-order valence-corrected chi connectivity index (χ1v) is 9.81. The van der Waals surface area contributed by atoms with E-state index in [0.717, 1.165) is 6.54 Å². The third-order valence-electron chi connectivity index (χ3n) is 5.38. The Morgan fingerprint density at radius 2 is 1.85 bits per heavy atom. The van der Waals surface area contributed by atoms with E-state index < -0.39 is 0 Å². The van der Waals surface area contributed by atoms with E-state index in [1.807, 2.05) is 9.80 Å². The molecule has 0 spiro atoms. The zero-order chi connectivity index (χ0) is 19.6. The second-order valence-corrected chi connectivity index (χ2v) is 8.06. The lowest BCUT2D eigenvalue weighted by Crippen LogP contribution is -2.48. The summed E-state index contributed by atoms with van der Waals surface area (Å²) in [5, 5.41) is 2.70. The van der Waals surface area contributed by atoms with Crippen LogP contribution in [0.4, 0.5) is 5.69 Å². The quantitative estimate of drug-likeness (QED) is 0.865. The monoisotopic (exact) mass is 371 g/mol. The van der Waals surface area contributed by atoms with E-state index >= 15 is 0 Å². The third kappa shape index (κ3) is 4.87. The van der Waals surface area contributed by atoms with Gasteiger partial charge in [-0.1, -0.05) is 13.8 Å². The first-order chi connectivity index (χ1) is 12.8. The highest BCUT2D eigenvalue weighted by Gasteiger charge is 2.36. The second-order valence-electron chi connectivity index (χ2n) is 8.06. The van der Waals surface area contributed by atoms with Crippen molar-refractivity contribution in [2.45, 2.75) is 46.1 Å². The number of carbonyl (C=O) groups is 3. The van der Waals surface area contributed by atoms with E-state index in [4.69, 9.17) is 0 Å². The molecule has 1 aromatic carbocycles. The molecule has 1 atom stereocenters. The van der Waals surface area contributed by atoms with E-state index in [1.165, 1.54) is 19.8 Å². The summed E-state index contributed by atoms with van der Waals surface area (Å²) in [6, 6.07) is 6.98. The number of nitrogens with zero attached hydrogens (tertiary/aromatic N) is 2. The Labute approximate surface area is 160 Å². The lowest BCUT2D eigenvalue weighted by atomic mass is 10.0. The first kappa shape index (κ1) is 19.4. The van der Waals surface area contributed by atoms with Crippen LogP contribution in [0.25, 0.3) is 0 Å². The summed E-state index contributed by atoms with van der Waals surface area (Å²) in [5.41, 5.74) is 1.25. The number of carbonyl (C=O) groups excluding carboxylic acids is 3. The fourth-order valence-electron chi connectivity index (χ4n) is 3.63. The molecule has 2 fully saturated rings. The Morgan fingerprint density at radius 1 is 1.19 bits per heavy atom. The van der Waals surface area contributed by atoms with Crippen LogP contribution in [0.15, 0.2) is 24.3 Å². The Morgan fingerprint density at radius 3 is 2.41 bits per heavy atom. The topological polar surface area (TPSA) is 69.7 Å². The molecule has 6 nitrogen and oxygen atoms in total. The van der Waals surface area contributed by atoms with Gasteiger partial charge in [0, 0.05) is 44.2 Å². The molecule has 1 aliphatic carbocycles. The van der Waals surface area contributed by atoms with E-state index in [0.29, 0.717) is 42.6 Å². The lowest BCUT2D eigenvalue weighted by Gasteiger charge is -2.34. The van der Waals surface area contributed by atoms with Crippen molar-refractivity contribution >= 4 is 23.4 Å². The van der Waals surface area contributed by atoms with E-state index in [-0.39, 0.29) is 23.8 Å². The van der Waals surface area contributed by atoms with Gasteiger partial charge in [0.15, 0.2) is 0 Å². The first-order valence-electron chi connectivity index (χ1n) is 9.81. The number of rotatable bonds is 5. The fraction of sp³-hybridized carbons (Fsp3) is 0.571. The van der Waals surface area contributed by atoms with Gasteiger partial charge in [0.1, 0.15) is 0 Å². The predicted molar refractivity (Wildman–Crippen MR) is 104 cm³/mol. The summed E-state index contributed by atoms with van der Waals surface area (Å²) >= 11 is 0. The van der Waals surface area contributed by atoms with Crippen LogP contribution in [-0.4, -0.2) is 53.2 Å². The van der Waals surface area contributed by atoms with Gasteiger partial charge in [-0.3, -0.25) is 14.4 Å². The Bertz CT molecular complexity index is 710. The Hall–Kier alpha value is -2.37. The second kappa shape index (κ2) is 8.11. The summed E-state index contributed by atoms with van der Waals surface area (Å²) in [4.78, 5) is 40.7. The van der Waals surface area contributed by atoms with Crippen LogP contribution in [0.5, 0.6) is 0 Å². The van der Waals surface area contributed by atoms with Crippen molar-refractivity contribution in [3.05, 3.63) is 29.8 Å². The van der Waals surface area contributed by atoms with Crippen molar-refractivity contribution in [2.24, 2.45) is 11.8 Å². The lowest BCUT2D eigenvalue weighted by molar-refractivity contribution is -0.133. The molecule has 1 aliphatic heterocycles. The van der Waals surface area contributed by atoms with Gasteiger partial charge < -0.3 is 15.1 Å². The number of nitrogens with one attached hydrogen (secondary N) is 1. The minimum absolute atomic E-state index is 0.0585. The minimum atomic E-state index is -0.143. The molecule has 0 unspecified atom stereocenters. The molecule has 0 bridgehead atoms. The van der Waals surface area contributed by atoms with Crippen LogP contribution in [0, 0.1) is 11.8 Å². The summed E-state index contributed by atoms with van der Waals surface area (Å²) in [5.74, 6) is 0.894. The summed E-state index contributed by atoms with van der Waals surface area (Å²) < 4.78 is 0. The summed E-state index contributed by atoms with van der Waals surface area (Å²) in [6.45, 7) is 7.54. The van der Waals surface area contributed by atoms with Crippen LogP contribution in [0.3, 0.4) is 0 Å². The largest absolute Gasteiger partial charge is 0.337 e. The molecule has 0 aromatic heterocycles. The molecule has 3 rings (SSSR count). The molecule has 6 heteroatoms. The molecule has 1 aromatic rings. The smallest absolute Gasteiger partial charge is 0.253 e. The van der Waals surface area contributed by atoms with Crippen LogP contribution in [-0.2, 0) is 9.59 Å². The highest BCUT2D eigenvalue weighted by molar-refractivity contribution is 5.96. The highest BCUT2D eigenvalue weighted by atomic mass is 16.2. The Balaban J connectivity index is 1.74. The van der Waals surface area contributed by atoms with Crippen LogP contribution < -0.4 is 5.32 Å². The maximum Gasteiger partial charge on any atom is 0.253 e. The number of anilines is 1. The molecule has 0 radical (unpaired) electrons. The average molecular weight is 371 g/mol. The predicted octanol–water partition coefficient (Wildman–Crippen LogP) is 2.75. The van der Waals surface area contributed by atoms with Gasteiger partial charge >= 0.3 is 0 Å². The maximum absolute atomic E-state index is 13.0. The van der Waals surface area contributed by atoms with Crippen molar-refractivity contribution in [3.63, 3.8) is 0 Å². The van der Waals surface area contributed by atoms with Crippen molar-refractivity contribution < 1.29 is 14.4 Å². The number of hydrogen-bond donors (Lipinski definition) is 1. The van der Waals surface area contributed by atoms with Gasteiger partial charge in [-0.25, -0.2) is 0 Å². The molecule has 1 saturated heterocycles. The van der Waals surface area contributed by atoms with Crippen molar-refractivity contribution in [3.8, 4) is 0 Å². The molecule has 1 N–H and O–H groups in total. The van der Waals surface area contributed by atoms with Crippen molar-refractivity contribution in [2.75, 3.05) is 25.0 Å². The molecule has 1 heterocycles. The molecule has 2 aliphatic rings. The van der Waals surface area contributed by atoms with Gasteiger partial charge in [-0.2, -0.15) is 0 Å².